The summed E-state index contributed by atoms with van der Waals surface area (Å²) in [4.78, 5) is 17.3. The van der Waals surface area contributed by atoms with Crippen molar-refractivity contribution in [3.63, 3.8) is 0 Å². The fourth-order valence-electron chi connectivity index (χ4n) is 1.11. The fourth-order valence-corrected chi connectivity index (χ4v) is 1.11. The molecule has 2 rings (SSSR count). The molecule has 0 bridgehead atoms. The van der Waals surface area contributed by atoms with Gasteiger partial charge >= 0.3 is 5.69 Å². The molecule has 13 heavy (non-hydrogen) atoms. The number of hydrogen-bond donors (Lipinski definition) is 3. The summed E-state index contributed by atoms with van der Waals surface area (Å²) in [6.07, 6.45) is 1.07. The Morgan fingerprint density at radius 3 is 3.08 bits per heavy atom. The van der Waals surface area contributed by atoms with E-state index in [4.69, 9.17) is 10.6 Å². The molecule has 3 N–H and O–H groups in total. The average Bonchev–Trinajstić information content (AvgIpc) is 2.38. The second kappa shape index (κ2) is 2.22. The average molecular weight is 181 g/mol. The van der Waals surface area contributed by atoms with Gasteiger partial charge in [0.05, 0.1) is 0 Å². The Kier molecular flexibility index (Phi) is 1.30. The summed E-state index contributed by atoms with van der Waals surface area (Å²) >= 11 is 0. The summed E-state index contributed by atoms with van der Waals surface area (Å²) in [7, 11) is 1.54. The highest BCUT2D eigenvalue weighted by atomic mass is 16.5. The number of imidazole rings is 1. The fraction of sp³-hybridized carbons (Fsp3) is 0.167. The van der Waals surface area contributed by atoms with Crippen LogP contribution in [0.1, 0.15) is 0 Å². The highest BCUT2D eigenvalue weighted by Gasteiger charge is 2.06. The van der Waals surface area contributed by atoms with Gasteiger partial charge in [-0.2, -0.15) is 4.73 Å². The van der Waals surface area contributed by atoms with Crippen LogP contribution in [-0.2, 0) is 7.05 Å². The summed E-state index contributed by atoms with van der Waals surface area (Å²) in [6, 6.07) is 0. The predicted molar refractivity (Wildman–Crippen MR) is 42.4 cm³/mol. The summed E-state index contributed by atoms with van der Waals surface area (Å²) in [6.45, 7) is 0. The van der Waals surface area contributed by atoms with E-state index in [1.807, 2.05) is 0 Å². The molecule has 0 aliphatic carbocycles. The van der Waals surface area contributed by atoms with Crippen molar-refractivity contribution < 1.29 is 5.21 Å². The summed E-state index contributed by atoms with van der Waals surface area (Å²) < 4.78 is 1.81. The first-order chi connectivity index (χ1) is 6.11. The Morgan fingerprint density at radius 2 is 2.38 bits per heavy atom. The minimum Gasteiger partial charge on any atom is -0.425 e. The van der Waals surface area contributed by atoms with Gasteiger partial charge in [-0.15, -0.1) is 0 Å². The number of nitrogens with one attached hydrogen (secondary N) is 2. The van der Waals surface area contributed by atoms with Gasteiger partial charge in [0.15, 0.2) is 11.1 Å². The second-order valence-electron chi connectivity index (χ2n) is 2.63. The van der Waals surface area contributed by atoms with Crippen LogP contribution in [0.5, 0.6) is 0 Å². The van der Waals surface area contributed by atoms with E-state index in [0.717, 1.165) is 6.33 Å². The zero-order chi connectivity index (χ0) is 9.59. The molecule has 0 radical (unpaired) electrons. The van der Waals surface area contributed by atoms with Crippen LogP contribution in [0.15, 0.2) is 11.1 Å². The monoisotopic (exact) mass is 181 g/mol. The number of aromatic nitrogens is 4. The van der Waals surface area contributed by atoms with Crippen molar-refractivity contribution in [2.75, 3.05) is 0 Å². The summed E-state index contributed by atoms with van der Waals surface area (Å²) in [5, 5.41) is 16.4. The molecule has 0 fully saturated rings. The number of hydrogen-bond acceptors (Lipinski definition) is 4. The molecule has 0 saturated carbocycles. The van der Waals surface area contributed by atoms with Gasteiger partial charge in [-0.3, -0.25) is 9.98 Å². The van der Waals surface area contributed by atoms with Gasteiger partial charge in [0.25, 0.3) is 0 Å². The molecule has 0 aliphatic rings. The van der Waals surface area contributed by atoms with Gasteiger partial charge in [-0.25, -0.2) is 9.78 Å². The van der Waals surface area contributed by atoms with Gasteiger partial charge in [-0.1, -0.05) is 0 Å². The second-order valence-corrected chi connectivity index (χ2v) is 2.63. The zero-order valence-corrected chi connectivity index (χ0v) is 6.77. The zero-order valence-electron chi connectivity index (χ0n) is 6.77. The van der Waals surface area contributed by atoms with Crippen molar-refractivity contribution in [1.82, 2.24) is 19.3 Å². The lowest BCUT2D eigenvalue weighted by Crippen LogP contribution is -2.18. The van der Waals surface area contributed by atoms with Crippen LogP contribution >= 0.6 is 0 Å². The Bertz CT molecular complexity index is 575. The van der Waals surface area contributed by atoms with Gasteiger partial charge < -0.3 is 10.2 Å². The molecule has 0 aliphatic heterocycles. The topological polar surface area (TPSA) is 99.7 Å². The molecule has 0 amide bonds. The van der Waals surface area contributed by atoms with Crippen molar-refractivity contribution >= 4 is 11.2 Å². The lowest BCUT2D eigenvalue weighted by Gasteiger charge is -1.96. The van der Waals surface area contributed by atoms with Crippen molar-refractivity contribution in [3.05, 3.63) is 22.3 Å². The molecule has 0 atom stereocenters. The van der Waals surface area contributed by atoms with Crippen LogP contribution in [-0.4, -0.2) is 24.5 Å². The Hall–Kier alpha value is -2.05. The third kappa shape index (κ3) is 0.866. The van der Waals surface area contributed by atoms with Crippen molar-refractivity contribution in [1.29, 1.82) is 5.41 Å². The maximum atomic E-state index is 11.1. The molecular formula is C6H7N5O2. The van der Waals surface area contributed by atoms with E-state index in [1.54, 1.807) is 0 Å². The largest absolute Gasteiger partial charge is 0.425 e. The van der Waals surface area contributed by atoms with E-state index in [-0.39, 0.29) is 16.7 Å². The minimum atomic E-state index is -0.359. The van der Waals surface area contributed by atoms with E-state index in [2.05, 4.69) is 9.97 Å². The van der Waals surface area contributed by atoms with Crippen LogP contribution < -0.4 is 11.2 Å². The molecule has 2 aromatic heterocycles. The maximum Gasteiger partial charge on any atom is 0.327 e. The van der Waals surface area contributed by atoms with Gasteiger partial charge in [0.1, 0.15) is 11.8 Å². The van der Waals surface area contributed by atoms with E-state index < -0.39 is 0 Å². The third-order valence-corrected chi connectivity index (χ3v) is 1.83. The smallest absolute Gasteiger partial charge is 0.327 e. The number of H-pyrrole nitrogens is 1. The van der Waals surface area contributed by atoms with Crippen LogP contribution in [0, 0.1) is 5.41 Å². The maximum absolute atomic E-state index is 11.1. The SMILES string of the molecule is Cn1c(=O)[nH]c2c(=N)n(O)cnc21. The van der Waals surface area contributed by atoms with Crippen LogP contribution in [0.3, 0.4) is 0 Å². The lowest BCUT2D eigenvalue weighted by atomic mass is 10.5. The van der Waals surface area contributed by atoms with E-state index in [9.17, 15) is 4.79 Å². The Labute approximate surface area is 71.4 Å². The van der Waals surface area contributed by atoms with Gasteiger partial charge in [0, 0.05) is 7.05 Å². The van der Waals surface area contributed by atoms with Crippen LogP contribution in [0.2, 0.25) is 0 Å². The molecule has 0 spiro atoms. The van der Waals surface area contributed by atoms with E-state index >= 15 is 0 Å². The normalized spacial score (nSPS) is 10.8. The Balaban J connectivity index is 3.12. The van der Waals surface area contributed by atoms with Crippen LogP contribution in [0.25, 0.3) is 11.2 Å². The molecule has 2 aromatic rings. The molecular weight excluding hydrogens is 174 g/mol. The quantitative estimate of drug-likeness (QED) is 0.444. The molecule has 0 aromatic carbocycles. The Morgan fingerprint density at radius 1 is 1.69 bits per heavy atom. The number of nitrogens with zero attached hydrogens (tertiary/aromatic N) is 3. The first kappa shape index (κ1) is 7.59. The first-order valence-electron chi connectivity index (χ1n) is 3.51. The highest BCUT2D eigenvalue weighted by molar-refractivity contribution is 5.68. The number of fused-ring (bicyclic) bond motifs is 1. The standard InChI is InChI=1S/C6H7N5O2/c1-10-5-3(9-6(10)12)4(7)11(13)2-8-5/h2,7,13H,1H3,(H,9,12). The number of aromatic amines is 1. The van der Waals surface area contributed by atoms with Gasteiger partial charge in [0.2, 0.25) is 0 Å². The third-order valence-electron chi connectivity index (χ3n) is 1.83. The predicted octanol–water partition coefficient (Wildman–Crippen LogP) is -1.22. The number of aryl methyl sites for hydroxylation is 1. The molecule has 2 heterocycles. The summed E-state index contributed by atoms with van der Waals surface area (Å²) in [5.41, 5.74) is 0.0164. The van der Waals surface area contributed by atoms with E-state index in [0.29, 0.717) is 10.4 Å². The lowest BCUT2D eigenvalue weighted by molar-refractivity contribution is 0.168. The highest BCUT2D eigenvalue weighted by Crippen LogP contribution is 1.96. The summed E-state index contributed by atoms with van der Waals surface area (Å²) in [5.74, 6) is 0. The first-order valence-corrected chi connectivity index (χ1v) is 3.51. The van der Waals surface area contributed by atoms with Crippen molar-refractivity contribution in [2.24, 2.45) is 7.05 Å². The van der Waals surface area contributed by atoms with Crippen molar-refractivity contribution in [2.45, 2.75) is 0 Å². The van der Waals surface area contributed by atoms with Crippen LogP contribution in [0.4, 0.5) is 0 Å². The molecule has 7 nitrogen and oxygen atoms in total. The molecule has 0 saturated heterocycles. The van der Waals surface area contributed by atoms with E-state index in [1.165, 1.54) is 11.6 Å². The van der Waals surface area contributed by atoms with Gasteiger partial charge in [-0.05, 0) is 0 Å². The minimum absolute atomic E-state index is 0.192. The molecule has 0 unspecified atom stereocenters. The van der Waals surface area contributed by atoms with Crippen molar-refractivity contribution in [3.8, 4) is 0 Å². The molecule has 68 valence electrons. The molecule has 7 heteroatoms. The number of rotatable bonds is 0.